The Labute approximate surface area is 192 Å². The van der Waals surface area contributed by atoms with Crippen molar-refractivity contribution < 1.29 is 74.4 Å². The first-order chi connectivity index (χ1) is 16.0. The molecule has 34 heavy (non-hydrogen) atoms. The highest BCUT2D eigenvalue weighted by atomic mass is 16.7. The van der Waals surface area contributed by atoms with Crippen LogP contribution in [0.1, 0.15) is 0 Å². The Kier molecular flexibility index (Phi) is 9.15. The van der Waals surface area contributed by atoms with Gasteiger partial charge in [-0.05, 0) is 0 Å². The van der Waals surface area contributed by atoms with E-state index in [1.165, 1.54) is 0 Å². The number of carbonyl (C=O) groups is 1. The Morgan fingerprint density at radius 2 is 1.24 bits per heavy atom. The Morgan fingerprint density at radius 3 is 1.79 bits per heavy atom. The van der Waals surface area contributed by atoms with Crippen LogP contribution in [0.5, 0.6) is 0 Å². The molecule has 16 nitrogen and oxygen atoms in total. The minimum atomic E-state index is -1.98. The largest absolute Gasteiger partial charge is 0.479 e. The number of hydrogen-bond acceptors (Lipinski definition) is 15. The maximum absolute atomic E-state index is 11.8. The first-order valence-electron chi connectivity index (χ1n) is 10.5. The molecule has 3 heterocycles. The zero-order chi connectivity index (χ0) is 25.3. The molecule has 3 aliphatic heterocycles. The average Bonchev–Trinajstić information content (AvgIpc) is 3.12. The van der Waals surface area contributed by atoms with Gasteiger partial charge in [0, 0.05) is 0 Å². The summed E-state index contributed by atoms with van der Waals surface area (Å²) in [4.78, 5) is 11.8. The zero-order valence-corrected chi connectivity index (χ0v) is 17.8. The van der Waals surface area contributed by atoms with Crippen molar-refractivity contribution in [2.75, 3.05) is 19.8 Å². The summed E-state index contributed by atoms with van der Waals surface area (Å²) in [6, 6.07) is -1.42. The second-order valence-corrected chi connectivity index (χ2v) is 8.30. The van der Waals surface area contributed by atoms with E-state index in [2.05, 4.69) is 0 Å². The Hall–Kier alpha value is -1.09. The van der Waals surface area contributed by atoms with Crippen LogP contribution >= 0.6 is 0 Å². The third kappa shape index (κ3) is 5.20. The van der Waals surface area contributed by atoms with Gasteiger partial charge < -0.3 is 75.4 Å². The van der Waals surface area contributed by atoms with Crippen LogP contribution in [0.4, 0.5) is 0 Å². The summed E-state index contributed by atoms with van der Waals surface area (Å²) >= 11 is 0. The molecule has 0 aromatic rings. The lowest BCUT2D eigenvalue weighted by Crippen LogP contribution is -2.67. The van der Waals surface area contributed by atoms with Gasteiger partial charge in [-0.3, -0.25) is 0 Å². The number of carboxylic acids is 1. The number of aliphatic hydroxyl groups excluding tert-OH is 8. The molecular weight excluding hydrogens is 470 g/mol. The standard InChI is InChI=1S/C18H31NO15/c19-7-10(25)8(23)4(1-20)31-17(7)33-14-11(26)12(27)18(34-15(14)16(28)29)32-13-6(3-22)30-5(2-21)9(13)24/h4-15,17-18,20-27H,1-3,19H2,(H,28,29)/t4-,5-,6-,7-,8-,9-,10-,11-,12-,13-,14+,15-,17-,18-/m1/s1. The van der Waals surface area contributed by atoms with E-state index in [0.29, 0.717) is 0 Å². The molecule has 0 aliphatic carbocycles. The van der Waals surface area contributed by atoms with Gasteiger partial charge in [-0.2, -0.15) is 0 Å². The third-order valence-electron chi connectivity index (χ3n) is 6.09. The van der Waals surface area contributed by atoms with Crippen LogP contribution in [0.3, 0.4) is 0 Å². The Bertz CT molecular complexity index is 682. The van der Waals surface area contributed by atoms with Gasteiger partial charge >= 0.3 is 5.97 Å². The number of hydrogen-bond donors (Lipinski definition) is 10. The number of aliphatic carboxylic acids is 1. The summed E-state index contributed by atoms with van der Waals surface area (Å²) in [5.74, 6) is -1.65. The molecule has 0 unspecified atom stereocenters. The third-order valence-corrected chi connectivity index (χ3v) is 6.09. The highest BCUT2D eigenvalue weighted by molar-refractivity contribution is 5.73. The summed E-state index contributed by atoms with van der Waals surface area (Å²) in [7, 11) is 0. The molecule has 3 saturated heterocycles. The minimum Gasteiger partial charge on any atom is -0.479 e. The molecule has 11 N–H and O–H groups in total. The predicted octanol–water partition coefficient (Wildman–Crippen LogP) is -6.83. The molecular formula is C18H31NO15. The summed E-state index contributed by atoms with van der Waals surface area (Å²) < 4.78 is 26.6. The monoisotopic (exact) mass is 501 g/mol. The van der Waals surface area contributed by atoms with E-state index in [4.69, 9.17) is 29.4 Å². The normalized spacial score (nSPS) is 49.8. The summed E-state index contributed by atoms with van der Waals surface area (Å²) in [5, 5.41) is 88.9. The molecule has 0 aromatic carbocycles. The van der Waals surface area contributed by atoms with Crippen molar-refractivity contribution in [2.24, 2.45) is 5.73 Å². The molecule has 0 amide bonds. The van der Waals surface area contributed by atoms with Crippen molar-refractivity contribution in [1.29, 1.82) is 0 Å². The molecule has 3 fully saturated rings. The lowest BCUT2D eigenvalue weighted by Gasteiger charge is -2.46. The van der Waals surface area contributed by atoms with Gasteiger partial charge in [0.05, 0.1) is 25.9 Å². The molecule has 3 aliphatic rings. The zero-order valence-electron chi connectivity index (χ0n) is 17.8. The number of ether oxygens (including phenoxy) is 5. The molecule has 0 radical (unpaired) electrons. The average molecular weight is 501 g/mol. The predicted molar refractivity (Wildman–Crippen MR) is 103 cm³/mol. The molecule has 0 spiro atoms. The van der Waals surface area contributed by atoms with E-state index >= 15 is 0 Å². The van der Waals surface area contributed by atoms with Crippen molar-refractivity contribution in [3.63, 3.8) is 0 Å². The Balaban J connectivity index is 1.75. The van der Waals surface area contributed by atoms with Crippen molar-refractivity contribution in [3.8, 4) is 0 Å². The van der Waals surface area contributed by atoms with Crippen molar-refractivity contribution in [1.82, 2.24) is 0 Å². The fourth-order valence-corrected chi connectivity index (χ4v) is 4.12. The van der Waals surface area contributed by atoms with Crippen LogP contribution in [0.15, 0.2) is 0 Å². The van der Waals surface area contributed by atoms with Crippen molar-refractivity contribution in [2.45, 2.75) is 85.8 Å². The van der Waals surface area contributed by atoms with E-state index in [-0.39, 0.29) is 0 Å². The summed E-state index contributed by atoms with van der Waals surface area (Å²) in [6.07, 6.45) is -20.7. The molecule has 0 bridgehead atoms. The lowest BCUT2D eigenvalue weighted by atomic mass is 9.96. The van der Waals surface area contributed by atoms with E-state index in [1.807, 2.05) is 0 Å². The van der Waals surface area contributed by atoms with Crippen molar-refractivity contribution >= 4 is 5.97 Å². The van der Waals surface area contributed by atoms with Gasteiger partial charge in [0.25, 0.3) is 0 Å². The maximum Gasteiger partial charge on any atom is 0.335 e. The van der Waals surface area contributed by atoms with Gasteiger partial charge in [-0.25, -0.2) is 4.79 Å². The van der Waals surface area contributed by atoms with Crippen LogP contribution in [0.2, 0.25) is 0 Å². The molecule has 198 valence electrons. The highest BCUT2D eigenvalue weighted by Crippen LogP contribution is 2.32. The molecule has 16 heteroatoms. The topological polar surface area (TPSA) is 271 Å². The van der Waals surface area contributed by atoms with Gasteiger partial charge in [0.15, 0.2) is 18.7 Å². The minimum absolute atomic E-state index is 0.612. The maximum atomic E-state index is 11.8. The van der Waals surface area contributed by atoms with Crippen molar-refractivity contribution in [3.05, 3.63) is 0 Å². The second kappa shape index (κ2) is 11.3. The summed E-state index contributed by atoms with van der Waals surface area (Å²) in [5.41, 5.74) is 5.77. The molecule has 0 saturated carbocycles. The lowest BCUT2D eigenvalue weighted by molar-refractivity contribution is -0.347. The van der Waals surface area contributed by atoms with Gasteiger partial charge in [-0.1, -0.05) is 0 Å². The van der Waals surface area contributed by atoms with Gasteiger partial charge in [0.1, 0.15) is 61.0 Å². The molecule has 0 aromatic heterocycles. The van der Waals surface area contributed by atoms with E-state index in [9.17, 15) is 50.8 Å². The fraction of sp³-hybridized carbons (Fsp3) is 0.944. The molecule has 3 rings (SSSR count). The summed E-state index contributed by atoms with van der Waals surface area (Å²) in [6.45, 7) is -1.99. The van der Waals surface area contributed by atoms with Crippen LogP contribution in [-0.2, 0) is 28.5 Å². The first-order valence-corrected chi connectivity index (χ1v) is 10.5. The fourth-order valence-electron chi connectivity index (χ4n) is 4.12. The van der Waals surface area contributed by atoms with Crippen LogP contribution in [0.25, 0.3) is 0 Å². The van der Waals surface area contributed by atoms with Crippen LogP contribution in [0, 0.1) is 0 Å². The Morgan fingerprint density at radius 1 is 0.676 bits per heavy atom. The van der Waals surface area contributed by atoms with E-state index < -0.39 is 112 Å². The van der Waals surface area contributed by atoms with E-state index in [1.54, 1.807) is 0 Å². The van der Waals surface area contributed by atoms with Crippen LogP contribution < -0.4 is 5.73 Å². The number of carboxylic acid groups (broad SMARTS) is 1. The number of aliphatic hydroxyl groups is 8. The quantitative estimate of drug-likeness (QED) is 0.148. The van der Waals surface area contributed by atoms with Gasteiger partial charge in [-0.15, -0.1) is 0 Å². The number of rotatable bonds is 8. The smallest absolute Gasteiger partial charge is 0.335 e. The van der Waals surface area contributed by atoms with Gasteiger partial charge in [0.2, 0.25) is 0 Å². The highest BCUT2D eigenvalue weighted by Gasteiger charge is 2.54. The van der Waals surface area contributed by atoms with E-state index in [0.717, 1.165) is 0 Å². The van der Waals surface area contributed by atoms with Crippen LogP contribution in [-0.4, -0.2) is 158 Å². The number of nitrogens with two attached hydrogens (primary N) is 1. The SMILES string of the molecule is N[C@H]1[C@@H](O[C@H]2[C@H](O)[C@@H](O)[C@H](O[C@H]3[C@H](O)[C@@H](CO)O[C@@H]3CO)O[C@H]2C(=O)O)O[C@H](CO)[C@@H](O)[C@@H]1O. The molecule has 14 atom stereocenters. The first kappa shape index (κ1) is 27.5. The second-order valence-electron chi connectivity index (χ2n) is 8.30.